The number of piperidine rings is 1. The van der Waals surface area contributed by atoms with Crippen LogP contribution in [0.2, 0.25) is 0 Å². The van der Waals surface area contributed by atoms with Crippen molar-refractivity contribution in [3.63, 3.8) is 0 Å². The molecule has 1 heterocycles. The van der Waals surface area contributed by atoms with Crippen LogP contribution >= 0.6 is 0 Å². The molecule has 2 rings (SSSR count). The Balaban J connectivity index is 2.11. The van der Waals surface area contributed by atoms with Crippen molar-refractivity contribution in [2.24, 2.45) is 5.92 Å². The zero-order valence-electron chi connectivity index (χ0n) is 11.8. The summed E-state index contributed by atoms with van der Waals surface area (Å²) in [5.41, 5.74) is 0.768. The number of hydrogen-bond donors (Lipinski definition) is 1. The average molecular weight is 281 g/mol. The summed E-state index contributed by atoms with van der Waals surface area (Å²) in [5, 5.41) is 9.31. The molecule has 0 amide bonds. The van der Waals surface area contributed by atoms with E-state index in [-0.39, 0.29) is 5.75 Å². The third-order valence-electron chi connectivity index (χ3n) is 3.86. The van der Waals surface area contributed by atoms with Crippen molar-refractivity contribution in [2.45, 2.75) is 32.4 Å². The maximum absolute atomic E-state index is 13.7. The molecule has 1 aromatic carbocycles. The minimum absolute atomic E-state index is 0.204. The molecule has 5 heteroatoms. The van der Waals surface area contributed by atoms with Gasteiger partial charge in [-0.2, -0.15) is 0 Å². The predicted octanol–water partition coefficient (Wildman–Crippen LogP) is 2.52. The number of ether oxygens (including phenoxy) is 1. The van der Waals surface area contributed by atoms with Gasteiger partial charge >= 0.3 is 5.97 Å². The second-order valence-corrected chi connectivity index (χ2v) is 5.42. The van der Waals surface area contributed by atoms with Gasteiger partial charge in [0.15, 0.2) is 11.6 Å². The second-order valence-electron chi connectivity index (χ2n) is 5.42. The molecular formula is C15H20FNO3. The molecule has 1 saturated heterocycles. The fraction of sp³-hybridized carbons (Fsp3) is 0.533. The molecule has 2 atom stereocenters. The highest BCUT2D eigenvalue weighted by molar-refractivity contribution is 5.73. The molecule has 1 aliphatic rings. The van der Waals surface area contributed by atoms with Crippen LogP contribution in [0.25, 0.3) is 0 Å². The van der Waals surface area contributed by atoms with Crippen LogP contribution in [-0.2, 0) is 11.3 Å². The van der Waals surface area contributed by atoms with Crippen LogP contribution < -0.4 is 4.74 Å². The van der Waals surface area contributed by atoms with Gasteiger partial charge in [0.05, 0.1) is 7.11 Å². The third-order valence-corrected chi connectivity index (χ3v) is 3.86. The Morgan fingerprint density at radius 2 is 2.30 bits per heavy atom. The van der Waals surface area contributed by atoms with Gasteiger partial charge in [0.25, 0.3) is 0 Å². The van der Waals surface area contributed by atoms with E-state index < -0.39 is 17.8 Å². The topological polar surface area (TPSA) is 49.8 Å². The Morgan fingerprint density at radius 1 is 1.55 bits per heavy atom. The van der Waals surface area contributed by atoms with E-state index in [2.05, 4.69) is 6.92 Å². The average Bonchev–Trinajstić information content (AvgIpc) is 2.41. The van der Waals surface area contributed by atoms with Crippen molar-refractivity contribution in [1.82, 2.24) is 4.90 Å². The van der Waals surface area contributed by atoms with Gasteiger partial charge in [0.1, 0.15) is 6.04 Å². The second kappa shape index (κ2) is 6.22. The molecule has 0 radical (unpaired) electrons. The fourth-order valence-electron chi connectivity index (χ4n) is 2.68. The number of methoxy groups -OCH3 is 1. The standard InChI is InChI=1S/C15H20FNO3/c1-10-5-6-17(13(7-10)15(18)19)9-11-3-4-14(20-2)12(16)8-11/h3-4,8,10,13H,5-7,9H2,1-2H3,(H,18,19). The monoisotopic (exact) mass is 281 g/mol. The van der Waals surface area contributed by atoms with Crippen LogP contribution in [0.15, 0.2) is 18.2 Å². The van der Waals surface area contributed by atoms with Crippen LogP contribution in [0, 0.1) is 11.7 Å². The van der Waals surface area contributed by atoms with Gasteiger partial charge in [-0.3, -0.25) is 9.69 Å². The number of likely N-dealkylation sites (tertiary alicyclic amines) is 1. The number of carboxylic acids is 1. The van der Waals surface area contributed by atoms with Crippen molar-refractivity contribution in [3.8, 4) is 5.75 Å². The minimum atomic E-state index is -0.800. The number of benzene rings is 1. The number of nitrogens with zero attached hydrogens (tertiary/aromatic N) is 1. The van der Waals surface area contributed by atoms with Gasteiger partial charge in [0.2, 0.25) is 0 Å². The van der Waals surface area contributed by atoms with Crippen LogP contribution in [0.1, 0.15) is 25.3 Å². The molecule has 0 bridgehead atoms. The Morgan fingerprint density at radius 3 is 2.90 bits per heavy atom. The molecule has 0 saturated carbocycles. The summed E-state index contributed by atoms with van der Waals surface area (Å²) in [6, 6.07) is 4.28. The van der Waals surface area contributed by atoms with E-state index in [4.69, 9.17) is 4.74 Å². The minimum Gasteiger partial charge on any atom is -0.494 e. The van der Waals surface area contributed by atoms with E-state index in [9.17, 15) is 14.3 Å². The van der Waals surface area contributed by atoms with E-state index in [1.807, 2.05) is 4.90 Å². The number of halogens is 1. The first-order valence-electron chi connectivity index (χ1n) is 6.80. The number of carbonyl (C=O) groups is 1. The normalized spacial score (nSPS) is 23.6. The van der Waals surface area contributed by atoms with Crippen molar-refractivity contribution >= 4 is 5.97 Å². The van der Waals surface area contributed by atoms with Crippen LogP contribution in [-0.4, -0.2) is 35.7 Å². The first kappa shape index (κ1) is 14.8. The lowest BCUT2D eigenvalue weighted by atomic mass is 9.92. The van der Waals surface area contributed by atoms with Gasteiger partial charge in [-0.05, 0) is 43.0 Å². The summed E-state index contributed by atoms with van der Waals surface area (Å²) < 4.78 is 18.5. The van der Waals surface area contributed by atoms with Gasteiger partial charge in [-0.15, -0.1) is 0 Å². The molecule has 1 aliphatic heterocycles. The molecule has 1 fully saturated rings. The molecule has 2 unspecified atom stereocenters. The Hall–Kier alpha value is -1.62. The Kier molecular flexibility index (Phi) is 4.60. The number of hydrogen-bond acceptors (Lipinski definition) is 3. The lowest BCUT2D eigenvalue weighted by molar-refractivity contribution is -0.145. The molecule has 110 valence electrons. The number of rotatable bonds is 4. The fourth-order valence-corrected chi connectivity index (χ4v) is 2.68. The van der Waals surface area contributed by atoms with Crippen molar-refractivity contribution in [3.05, 3.63) is 29.6 Å². The SMILES string of the molecule is COc1ccc(CN2CCC(C)CC2C(=O)O)cc1F. The first-order valence-corrected chi connectivity index (χ1v) is 6.80. The molecule has 1 aromatic rings. The largest absolute Gasteiger partial charge is 0.494 e. The summed E-state index contributed by atoms with van der Waals surface area (Å²) >= 11 is 0. The Bertz CT molecular complexity index is 492. The highest BCUT2D eigenvalue weighted by Gasteiger charge is 2.31. The molecule has 4 nitrogen and oxygen atoms in total. The van der Waals surface area contributed by atoms with Crippen molar-refractivity contribution in [1.29, 1.82) is 0 Å². The summed E-state index contributed by atoms with van der Waals surface area (Å²) in [6.07, 6.45) is 1.62. The third kappa shape index (κ3) is 3.28. The molecule has 0 spiro atoms. The maximum atomic E-state index is 13.7. The quantitative estimate of drug-likeness (QED) is 0.921. The van der Waals surface area contributed by atoms with Crippen molar-refractivity contribution in [2.75, 3.05) is 13.7 Å². The highest BCUT2D eigenvalue weighted by Crippen LogP contribution is 2.25. The molecule has 0 aromatic heterocycles. The van der Waals surface area contributed by atoms with E-state index in [0.717, 1.165) is 18.5 Å². The number of aliphatic carboxylic acids is 1. The summed E-state index contributed by atoms with van der Waals surface area (Å²) in [4.78, 5) is 13.2. The van der Waals surface area contributed by atoms with E-state index in [0.29, 0.717) is 18.9 Å². The van der Waals surface area contributed by atoms with Gasteiger partial charge in [-0.1, -0.05) is 13.0 Å². The lowest BCUT2D eigenvalue weighted by Crippen LogP contribution is -2.46. The van der Waals surface area contributed by atoms with Gasteiger partial charge in [-0.25, -0.2) is 4.39 Å². The Labute approximate surface area is 118 Å². The van der Waals surface area contributed by atoms with Crippen LogP contribution in [0.3, 0.4) is 0 Å². The predicted molar refractivity (Wildman–Crippen MR) is 73.2 cm³/mol. The van der Waals surface area contributed by atoms with Crippen molar-refractivity contribution < 1.29 is 19.0 Å². The molecule has 1 N–H and O–H groups in total. The summed E-state index contributed by atoms with van der Waals surface area (Å²) in [5.74, 6) is -0.594. The summed E-state index contributed by atoms with van der Waals surface area (Å²) in [6.45, 7) is 3.25. The zero-order chi connectivity index (χ0) is 14.7. The molecule has 20 heavy (non-hydrogen) atoms. The van der Waals surface area contributed by atoms with E-state index in [1.165, 1.54) is 13.2 Å². The van der Waals surface area contributed by atoms with Crippen LogP contribution in [0.4, 0.5) is 4.39 Å². The molecule has 0 aliphatic carbocycles. The van der Waals surface area contributed by atoms with Gasteiger partial charge in [0, 0.05) is 6.54 Å². The number of carboxylic acid groups (broad SMARTS) is 1. The van der Waals surface area contributed by atoms with E-state index >= 15 is 0 Å². The van der Waals surface area contributed by atoms with Gasteiger partial charge < -0.3 is 9.84 Å². The first-order chi connectivity index (χ1) is 9.51. The van der Waals surface area contributed by atoms with Crippen LogP contribution in [0.5, 0.6) is 5.75 Å². The lowest BCUT2D eigenvalue weighted by Gasteiger charge is -2.36. The maximum Gasteiger partial charge on any atom is 0.320 e. The highest BCUT2D eigenvalue weighted by atomic mass is 19.1. The molecular weight excluding hydrogens is 261 g/mol. The summed E-state index contributed by atoms with van der Waals surface area (Å²) in [7, 11) is 1.42. The van der Waals surface area contributed by atoms with E-state index in [1.54, 1.807) is 12.1 Å². The zero-order valence-corrected chi connectivity index (χ0v) is 11.8. The smallest absolute Gasteiger partial charge is 0.320 e.